The molecule has 0 bridgehead atoms. The third kappa shape index (κ3) is 2.50. The van der Waals surface area contributed by atoms with E-state index in [1.807, 2.05) is 36.5 Å². The molecule has 0 spiro atoms. The van der Waals surface area contributed by atoms with E-state index >= 15 is 0 Å². The number of ether oxygens (including phenoxy) is 1. The normalized spacial score (nSPS) is 18.6. The predicted molar refractivity (Wildman–Crippen MR) is 86.6 cm³/mol. The van der Waals surface area contributed by atoms with E-state index in [9.17, 15) is 0 Å². The molecule has 1 aliphatic rings. The summed E-state index contributed by atoms with van der Waals surface area (Å²) in [5.41, 5.74) is 3.00. The monoisotopic (exact) mass is 293 g/mol. The van der Waals surface area contributed by atoms with E-state index in [4.69, 9.17) is 9.72 Å². The molecule has 0 aliphatic carbocycles. The third-order valence-corrected chi connectivity index (χ3v) is 4.20. The number of benzene rings is 1. The molecule has 0 amide bonds. The van der Waals surface area contributed by atoms with Gasteiger partial charge in [0, 0.05) is 18.4 Å². The fourth-order valence-corrected chi connectivity index (χ4v) is 3.09. The first kappa shape index (κ1) is 13.5. The number of rotatable bonds is 3. The van der Waals surface area contributed by atoms with Gasteiger partial charge in [-0.2, -0.15) is 0 Å². The van der Waals surface area contributed by atoms with Gasteiger partial charge in [-0.05, 0) is 31.4 Å². The van der Waals surface area contributed by atoms with Crippen LogP contribution in [0.4, 0.5) is 0 Å². The zero-order valence-corrected chi connectivity index (χ0v) is 12.5. The second-order valence-corrected chi connectivity index (χ2v) is 5.75. The highest BCUT2D eigenvalue weighted by molar-refractivity contribution is 5.77. The Balaban J connectivity index is 1.79. The highest BCUT2D eigenvalue weighted by Gasteiger charge is 2.19. The van der Waals surface area contributed by atoms with Crippen LogP contribution in [0.25, 0.3) is 22.6 Å². The second kappa shape index (κ2) is 5.89. The SMILES string of the molecule is c1ccc(-c2nc3cccnc3n2CC2CCCCO2)cc1. The number of aromatic nitrogens is 3. The highest BCUT2D eigenvalue weighted by atomic mass is 16.5. The van der Waals surface area contributed by atoms with Crippen LogP contribution in [0, 0.1) is 0 Å². The zero-order chi connectivity index (χ0) is 14.8. The summed E-state index contributed by atoms with van der Waals surface area (Å²) in [5.74, 6) is 0.975. The van der Waals surface area contributed by atoms with Crippen molar-refractivity contribution in [3.8, 4) is 11.4 Å². The fourth-order valence-electron chi connectivity index (χ4n) is 3.09. The van der Waals surface area contributed by atoms with Crippen LogP contribution >= 0.6 is 0 Å². The first-order valence-corrected chi connectivity index (χ1v) is 7.90. The number of nitrogens with zero attached hydrogens (tertiary/aromatic N) is 3. The Morgan fingerprint density at radius 3 is 2.82 bits per heavy atom. The molecular formula is C18H19N3O. The number of hydrogen-bond acceptors (Lipinski definition) is 3. The van der Waals surface area contributed by atoms with Gasteiger partial charge in [0.25, 0.3) is 0 Å². The van der Waals surface area contributed by atoms with Crippen molar-refractivity contribution in [3.05, 3.63) is 48.7 Å². The summed E-state index contributed by atoms with van der Waals surface area (Å²) in [6.45, 7) is 1.68. The van der Waals surface area contributed by atoms with Gasteiger partial charge in [-0.15, -0.1) is 0 Å². The molecule has 3 heterocycles. The molecule has 1 aliphatic heterocycles. The Morgan fingerprint density at radius 2 is 2.00 bits per heavy atom. The Bertz CT molecular complexity index is 760. The number of hydrogen-bond donors (Lipinski definition) is 0. The van der Waals surface area contributed by atoms with E-state index in [0.29, 0.717) is 0 Å². The lowest BCUT2D eigenvalue weighted by atomic mass is 10.1. The molecule has 4 rings (SSSR count). The average Bonchev–Trinajstić information content (AvgIpc) is 2.95. The molecule has 0 saturated carbocycles. The summed E-state index contributed by atoms with van der Waals surface area (Å²) < 4.78 is 8.12. The Morgan fingerprint density at radius 1 is 1.09 bits per heavy atom. The minimum absolute atomic E-state index is 0.260. The lowest BCUT2D eigenvalue weighted by Gasteiger charge is -2.23. The lowest BCUT2D eigenvalue weighted by molar-refractivity contribution is 0.00678. The summed E-state index contributed by atoms with van der Waals surface area (Å²) in [6, 6.07) is 14.3. The van der Waals surface area contributed by atoms with E-state index in [1.165, 1.54) is 12.8 Å². The van der Waals surface area contributed by atoms with Crippen molar-refractivity contribution in [2.45, 2.75) is 31.9 Å². The van der Waals surface area contributed by atoms with Crippen LogP contribution in [0.3, 0.4) is 0 Å². The fraction of sp³-hybridized carbons (Fsp3) is 0.333. The van der Waals surface area contributed by atoms with E-state index < -0.39 is 0 Å². The Kier molecular flexibility index (Phi) is 3.60. The van der Waals surface area contributed by atoms with E-state index in [-0.39, 0.29) is 6.10 Å². The van der Waals surface area contributed by atoms with Gasteiger partial charge in [-0.1, -0.05) is 30.3 Å². The molecule has 4 heteroatoms. The summed E-state index contributed by atoms with van der Waals surface area (Å²) in [5, 5.41) is 0. The topological polar surface area (TPSA) is 39.9 Å². The van der Waals surface area contributed by atoms with Crippen LogP contribution in [-0.2, 0) is 11.3 Å². The average molecular weight is 293 g/mol. The van der Waals surface area contributed by atoms with Crippen molar-refractivity contribution < 1.29 is 4.74 Å². The van der Waals surface area contributed by atoms with E-state index in [2.05, 4.69) is 21.7 Å². The van der Waals surface area contributed by atoms with Gasteiger partial charge in [-0.25, -0.2) is 9.97 Å². The minimum atomic E-state index is 0.260. The van der Waals surface area contributed by atoms with E-state index in [0.717, 1.165) is 42.1 Å². The third-order valence-electron chi connectivity index (χ3n) is 4.20. The molecule has 1 atom stereocenters. The second-order valence-electron chi connectivity index (χ2n) is 5.75. The standard InChI is InChI=1S/C18H19N3O/c1-2-7-14(8-3-1)17-20-16-10-6-11-19-18(16)21(17)13-15-9-4-5-12-22-15/h1-3,6-8,10-11,15H,4-5,9,12-13H2. The molecule has 22 heavy (non-hydrogen) atoms. The largest absolute Gasteiger partial charge is 0.376 e. The van der Waals surface area contributed by atoms with Gasteiger partial charge < -0.3 is 9.30 Å². The first-order valence-electron chi connectivity index (χ1n) is 7.90. The van der Waals surface area contributed by atoms with Crippen molar-refractivity contribution in [1.82, 2.24) is 14.5 Å². The van der Waals surface area contributed by atoms with Crippen molar-refractivity contribution in [3.63, 3.8) is 0 Å². The molecule has 4 nitrogen and oxygen atoms in total. The Hall–Kier alpha value is -2.20. The van der Waals surface area contributed by atoms with Crippen molar-refractivity contribution >= 4 is 11.2 Å². The van der Waals surface area contributed by atoms with Gasteiger partial charge in [0.2, 0.25) is 0 Å². The van der Waals surface area contributed by atoms with Gasteiger partial charge >= 0.3 is 0 Å². The van der Waals surface area contributed by atoms with Crippen LogP contribution in [0.5, 0.6) is 0 Å². The maximum atomic E-state index is 5.91. The van der Waals surface area contributed by atoms with Crippen LogP contribution in [0.1, 0.15) is 19.3 Å². The van der Waals surface area contributed by atoms with Crippen LogP contribution in [-0.4, -0.2) is 27.2 Å². The highest BCUT2D eigenvalue weighted by Crippen LogP contribution is 2.25. The van der Waals surface area contributed by atoms with Crippen LogP contribution in [0.2, 0.25) is 0 Å². The van der Waals surface area contributed by atoms with Gasteiger partial charge in [0.15, 0.2) is 5.65 Å². The molecule has 1 unspecified atom stereocenters. The summed E-state index contributed by atoms with van der Waals surface area (Å²) in [4.78, 5) is 9.33. The lowest BCUT2D eigenvalue weighted by Crippen LogP contribution is -2.24. The minimum Gasteiger partial charge on any atom is -0.376 e. The number of fused-ring (bicyclic) bond motifs is 1. The maximum absolute atomic E-state index is 5.91. The number of imidazole rings is 1. The maximum Gasteiger partial charge on any atom is 0.160 e. The summed E-state index contributed by atoms with van der Waals surface area (Å²) >= 11 is 0. The van der Waals surface area contributed by atoms with Crippen LogP contribution < -0.4 is 0 Å². The Labute approximate surface area is 129 Å². The predicted octanol–water partition coefficient (Wildman–Crippen LogP) is 3.67. The summed E-state index contributed by atoms with van der Waals surface area (Å²) in [7, 11) is 0. The van der Waals surface area contributed by atoms with E-state index in [1.54, 1.807) is 0 Å². The molecule has 0 radical (unpaired) electrons. The molecule has 1 aromatic carbocycles. The summed E-state index contributed by atoms with van der Waals surface area (Å²) in [6.07, 6.45) is 5.62. The molecule has 1 fully saturated rings. The smallest absolute Gasteiger partial charge is 0.160 e. The first-order chi connectivity index (χ1) is 10.9. The zero-order valence-electron chi connectivity index (χ0n) is 12.5. The molecular weight excluding hydrogens is 274 g/mol. The number of pyridine rings is 1. The molecule has 2 aromatic heterocycles. The quantitative estimate of drug-likeness (QED) is 0.739. The van der Waals surface area contributed by atoms with Crippen molar-refractivity contribution in [2.24, 2.45) is 0 Å². The van der Waals surface area contributed by atoms with Gasteiger partial charge in [-0.3, -0.25) is 0 Å². The molecule has 1 saturated heterocycles. The van der Waals surface area contributed by atoms with Crippen molar-refractivity contribution in [1.29, 1.82) is 0 Å². The van der Waals surface area contributed by atoms with Crippen LogP contribution in [0.15, 0.2) is 48.7 Å². The molecule has 112 valence electrons. The molecule has 0 N–H and O–H groups in total. The van der Waals surface area contributed by atoms with Crippen molar-refractivity contribution in [2.75, 3.05) is 6.61 Å². The van der Waals surface area contributed by atoms with Gasteiger partial charge in [0.05, 0.1) is 12.6 Å². The van der Waals surface area contributed by atoms with Gasteiger partial charge in [0.1, 0.15) is 11.3 Å². The molecule has 3 aromatic rings.